The number of piperidine rings is 1. The van der Waals surface area contributed by atoms with Crippen LogP contribution in [0.15, 0.2) is 22.7 Å². The summed E-state index contributed by atoms with van der Waals surface area (Å²) in [7, 11) is 0. The second kappa shape index (κ2) is 6.79. The lowest BCUT2D eigenvalue weighted by atomic mass is 9.90. The first-order valence-corrected chi connectivity index (χ1v) is 8.79. The van der Waals surface area contributed by atoms with Gasteiger partial charge in [0.2, 0.25) is 0 Å². The van der Waals surface area contributed by atoms with Gasteiger partial charge in [0.1, 0.15) is 5.60 Å². The van der Waals surface area contributed by atoms with E-state index in [4.69, 9.17) is 16.3 Å². The Kier molecular flexibility index (Phi) is 5.44. The zero-order valence-corrected chi connectivity index (χ0v) is 15.9. The third-order valence-electron chi connectivity index (χ3n) is 3.77. The molecule has 5 heteroatoms. The maximum absolute atomic E-state index is 12.6. The van der Waals surface area contributed by atoms with Gasteiger partial charge < -0.3 is 9.64 Å². The largest absolute Gasteiger partial charge is 0.444 e. The molecule has 0 N–H and O–H groups in total. The molecule has 1 unspecified atom stereocenters. The van der Waals surface area contributed by atoms with Crippen molar-refractivity contribution in [2.45, 2.75) is 52.2 Å². The van der Waals surface area contributed by atoms with Gasteiger partial charge in [-0.3, -0.25) is 0 Å². The van der Waals surface area contributed by atoms with E-state index in [1.807, 2.05) is 43.9 Å². The molecule has 22 heavy (non-hydrogen) atoms. The van der Waals surface area contributed by atoms with Gasteiger partial charge in [-0.25, -0.2) is 4.79 Å². The smallest absolute Gasteiger partial charge is 0.410 e. The number of benzene rings is 1. The predicted octanol–water partition coefficient (Wildman–Crippen LogP) is 5.81. The average molecular weight is 389 g/mol. The van der Waals surface area contributed by atoms with Crippen molar-refractivity contribution >= 4 is 33.6 Å². The van der Waals surface area contributed by atoms with Crippen LogP contribution in [-0.4, -0.2) is 23.1 Å². The van der Waals surface area contributed by atoms with E-state index in [9.17, 15) is 4.79 Å². The molecule has 0 aromatic heterocycles. The van der Waals surface area contributed by atoms with Crippen molar-refractivity contribution in [3.63, 3.8) is 0 Å². The predicted molar refractivity (Wildman–Crippen MR) is 93.2 cm³/mol. The van der Waals surface area contributed by atoms with Crippen molar-refractivity contribution in [2.24, 2.45) is 5.92 Å². The van der Waals surface area contributed by atoms with E-state index in [2.05, 4.69) is 22.9 Å². The molecule has 1 aromatic carbocycles. The zero-order valence-electron chi connectivity index (χ0n) is 13.5. The maximum atomic E-state index is 12.6. The number of likely N-dealkylation sites (tertiary alicyclic amines) is 1. The van der Waals surface area contributed by atoms with E-state index < -0.39 is 5.60 Å². The number of halogens is 2. The van der Waals surface area contributed by atoms with Crippen molar-refractivity contribution < 1.29 is 9.53 Å². The lowest BCUT2D eigenvalue weighted by molar-refractivity contribution is 0.00363. The Bertz CT molecular complexity index is 556. The molecular formula is C17H23BrClNO2. The van der Waals surface area contributed by atoms with Crippen LogP contribution in [0.2, 0.25) is 5.02 Å². The number of ether oxygens (including phenoxy) is 1. The summed E-state index contributed by atoms with van der Waals surface area (Å²) < 4.78 is 6.44. The Balaban J connectivity index is 2.26. The Morgan fingerprint density at radius 1 is 1.36 bits per heavy atom. The van der Waals surface area contributed by atoms with Gasteiger partial charge in [0, 0.05) is 11.0 Å². The molecule has 1 amide bonds. The van der Waals surface area contributed by atoms with Gasteiger partial charge in [-0.15, -0.1) is 0 Å². The summed E-state index contributed by atoms with van der Waals surface area (Å²) in [6.07, 6.45) is 1.78. The van der Waals surface area contributed by atoms with Crippen molar-refractivity contribution in [3.05, 3.63) is 33.3 Å². The molecule has 0 spiro atoms. The monoisotopic (exact) mass is 387 g/mol. The standard InChI is InChI=1S/C17H23BrClNO2/c1-11-5-8-15(12-6-7-13(18)14(19)9-12)20(10-11)16(21)22-17(2,3)4/h6-7,9,11,15H,5,8,10H2,1-4H3/t11-,15?/m0/s1. The van der Waals surface area contributed by atoms with E-state index in [0.717, 1.165) is 22.9 Å². The number of carbonyl (C=O) groups is 1. The zero-order chi connectivity index (χ0) is 16.5. The molecule has 3 nitrogen and oxygen atoms in total. The fraction of sp³-hybridized carbons (Fsp3) is 0.588. The lowest BCUT2D eigenvalue weighted by Gasteiger charge is -2.39. The molecule has 0 radical (unpaired) electrons. The van der Waals surface area contributed by atoms with Crippen LogP contribution in [0.25, 0.3) is 0 Å². The molecule has 1 aliphatic heterocycles. The van der Waals surface area contributed by atoms with E-state index in [0.29, 0.717) is 17.5 Å². The molecule has 0 bridgehead atoms. The quantitative estimate of drug-likeness (QED) is 0.607. The van der Waals surface area contributed by atoms with Crippen LogP contribution in [0.3, 0.4) is 0 Å². The molecular weight excluding hydrogens is 366 g/mol. The van der Waals surface area contributed by atoms with E-state index >= 15 is 0 Å². The number of hydrogen-bond acceptors (Lipinski definition) is 2. The Labute approximate surface area is 146 Å². The van der Waals surface area contributed by atoms with Gasteiger partial charge in [0.15, 0.2) is 0 Å². The van der Waals surface area contributed by atoms with Gasteiger partial charge in [-0.1, -0.05) is 24.6 Å². The average Bonchev–Trinajstić information content (AvgIpc) is 2.40. The summed E-state index contributed by atoms with van der Waals surface area (Å²) in [5, 5.41) is 0.667. The Hall–Kier alpha value is -0.740. The fourth-order valence-corrected chi connectivity index (χ4v) is 3.18. The van der Waals surface area contributed by atoms with Crippen molar-refractivity contribution in [1.82, 2.24) is 4.90 Å². The SMILES string of the molecule is C[C@H]1CCC(c2ccc(Br)c(Cl)c2)N(C(=O)OC(C)(C)C)C1. The summed E-state index contributed by atoms with van der Waals surface area (Å²) in [5.41, 5.74) is 0.575. The van der Waals surface area contributed by atoms with Crippen LogP contribution in [0, 0.1) is 5.92 Å². The number of carbonyl (C=O) groups excluding carboxylic acids is 1. The maximum Gasteiger partial charge on any atom is 0.410 e. The Morgan fingerprint density at radius 2 is 2.05 bits per heavy atom. The minimum atomic E-state index is -0.486. The molecule has 1 heterocycles. The van der Waals surface area contributed by atoms with Crippen LogP contribution in [-0.2, 0) is 4.74 Å². The summed E-state index contributed by atoms with van der Waals surface area (Å²) in [6, 6.07) is 5.91. The minimum absolute atomic E-state index is 0.0247. The first-order chi connectivity index (χ1) is 10.2. The molecule has 1 fully saturated rings. The number of amides is 1. The molecule has 2 rings (SSSR count). The van der Waals surface area contributed by atoms with Crippen LogP contribution >= 0.6 is 27.5 Å². The normalized spacial score (nSPS) is 22.5. The second-order valence-corrected chi connectivity index (χ2v) is 8.27. The van der Waals surface area contributed by atoms with Crippen molar-refractivity contribution in [3.8, 4) is 0 Å². The highest BCUT2D eigenvalue weighted by atomic mass is 79.9. The molecule has 1 aromatic rings. The van der Waals surface area contributed by atoms with E-state index in [1.54, 1.807) is 0 Å². The summed E-state index contributed by atoms with van der Waals surface area (Å²) in [5.74, 6) is 0.481. The molecule has 1 saturated heterocycles. The number of nitrogens with zero attached hydrogens (tertiary/aromatic N) is 1. The third kappa shape index (κ3) is 4.39. The number of hydrogen-bond donors (Lipinski definition) is 0. The summed E-state index contributed by atoms with van der Waals surface area (Å²) >= 11 is 9.62. The van der Waals surface area contributed by atoms with Gasteiger partial charge >= 0.3 is 6.09 Å². The summed E-state index contributed by atoms with van der Waals surface area (Å²) in [6.45, 7) is 8.56. The highest BCUT2D eigenvalue weighted by molar-refractivity contribution is 9.10. The van der Waals surface area contributed by atoms with Crippen molar-refractivity contribution in [1.29, 1.82) is 0 Å². The Morgan fingerprint density at radius 3 is 2.64 bits per heavy atom. The van der Waals surface area contributed by atoms with Gasteiger partial charge in [-0.05, 0) is 73.2 Å². The van der Waals surface area contributed by atoms with Crippen LogP contribution in [0.5, 0.6) is 0 Å². The second-order valence-electron chi connectivity index (χ2n) is 7.00. The third-order valence-corrected chi connectivity index (χ3v) is 5.01. The van der Waals surface area contributed by atoms with E-state index in [1.165, 1.54) is 0 Å². The van der Waals surface area contributed by atoms with Crippen LogP contribution in [0.1, 0.15) is 52.1 Å². The highest BCUT2D eigenvalue weighted by Gasteiger charge is 2.34. The lowest BCUT2D eigenvalue weighted by Crippen LogP contribution is -2.44. The topological polar surface area (TPSA) is 29.5 Å². The number of rotatable bonds is 1. The van der Waals surface area contributed by atoms with Crippen LogP contribution < -0.4 is 0 Å². The molecule has 2 atom stereocenters. The fourth-order valence-electron chi connectivity index (χ4n) is 2.74. The summed E-state index contributed by atoms with van der Waals surface area (Å²) in [4.78, 5) is 14.4. The highest BCUT2D eigenvalue weighted by Crippen LogP contribution is 2.36. The van der Waals surface area contributed by atoms with Gasteiger partial charge in [-0.2, -0.15) is 0 Å². The van der Waals surface area contributed by atoms with Gasteiger partial charge in [0.25, 0.3) is 0 Å². The van der Waals surface area contributed by atoms with Crippen molar-refractivity contribution in [2.75, 3.05) is 6.54 Å². The molecule has 122 valence electrons. The minimum Gasteiger partial charge on any atom is -0.444 e. The molecule has 1 aliphatic rings. The molecule has 0 saturated carbocycles. The van der Waals surface area contributed by atoms with Crippen LogP contribution in [0.4, 0.5) is 4.79 Å². The first-order valence-electron chi connectivity index (χ1n) is 7.62. The molecule has 0 aliphatic carbocycles. The first kappa shape index (κ1) is 17.6. The van der Waals surface area contributed by atoms with E-state index in [-0.39, 0.29) is 12.1 Å². The van der Waals surface area contributed by atoms with Gasteiger partial charge in [0.05, 0.1) is 11.1 Å².